The molecule has 0 radical (unpaired) electrons. The van der Waals surface area contributed by atoms with Crippen molar-refractivity contribution in [1.82, 2.24) is 0 Å². The number of fused-ring (bicyclic) bond motifs is 4. The highest BCUT2D eigenvalue weighted by Gasteiger charge is 2.38. The molecule has 210 valence electrons. The van der Waals surface area contributed by atoms with E-state index in [2.05, 4.69) is 12.1 Å². The second kappa shape index (κ2) is 10.7. The van der Waals surface area contributed by atoms with E-state index in [4.69, 9.17) is 23.7 Å². The van der Waals surface area contributed by atoms with Crippen molar-refractivity contribution in [3.63, 3.8) is 0 Å². The van der Waals surface area contributed by atoms with Crippen LogP contribution in [-0.4, -0.2) is 32.1 Å². The predicted octanol–water partition coefficient (Wildman–Crippen LogP) is 6.31. The van der Waals surface area contributed by atoms with Crippen molar-refractivity contribution in [1.29, 1.82) is 0 Å². The van der Waals surface area contributed by atoms with Crippen LogP contribution >= 0.6 is 0 Å². The highest BCUT2D eigenvalue weighted by atomic mass is 16.5. The van der Waals surface area contributed by atoms with Gasteiger partial charge in [-0.2, -0.15) is 0 Å². The van der Waals surface area contributed by atoms with Gasteiger partial charge in [0, 0.05) is 24.3 Å². The van der Waals surface area contributed by atoms with Crippen molar-refractivity contribution in [3.05, 3.63) is 118 Å². The molecule has 0 aromatic heterocycles. The van der Waals surface area contributed by atoms with Crippen LogP contribution < -0.4 is 23.7 Å². The van der Waals surface area contributed by atoms with Crippen LogP contribution in [0.5, 0.6) is 28.7 Å². The lowest BCUT2D eigenvalue weighted by Crippen LogP contribution is -2.21. The number of carbonyl (C=O) groups is 2. The fraction of sp³-hybridized carbons (Fsp3) is 0.200. The maximum atomic E-state index is 13.3. The van der Waals surface area contributed by atoms with E-state index in [9.17, 15) is 9.59 Å². The third-order valence-electron chi connectivity index (χ3n) is 7.87. The van der Waals surface area contributed by atoms with Crippen molar-refractivity contribution in [2.45, 2.75) is 25.2 Å². The number of methoxy groups -OCH3 is 1. The van der Waals surface area contributed by atoms with E-state index in [0.29, 0.717) is 35.0 Å². The number of ketones is 1. The van der Waals surface area contributed by atoms with Gasteiger partial charge < -0.3 is 23.7 Å². The lowest BCUT2D eigenvalue weighted by molar-refractivity contribution is -0.135. The van der Waals surface area contributed by atoms with Gasteiger partial charge in [-0.05, 0) is 70.8 Å². The van der Waals surface area contributed by atoms with E-state index < -0.39 is 0 Å². The molecular formula is C35H28O7. The number of ether oxygens (including phenoxy) is 5. The average Bonchev–Trinajstić information content (AvgIpc) is 3.61. The zero-order chi connectivity index (χ0) is 28.6. The van der Waals surface area contributed by atoms with Gasteiger partial charge in [0.05, 0.1) is 32.3 Å². The lowest BCUT2D eigenvalue weighted by atomic mass is 9.84. The molecule has 3 aliphatic rings. The molecule has 3 aliphatic heterocycles. The van der Waals surface area contributed by atoms with Crippen molar-refractivity contribution in [2.24, 2.45) is 0 Å². The first-order chi connectivity index (χ1) is 20.6. The molecule has 0 amide bonds. The Morgan fingerprint density at radius 2 is 1.76 bits per heavy atom. The van der Waals surface area contributed by atoms with Crippen LogP contribution in [0.4, 0.5) is 0 Å². The molecule has 3 heterocycles. The second-order valence-electron chi connectivity index (χ2n) is 10.5. The summed E-state index contributed by atoms with van der Waals surface area (Å²) in [7, 11) is 1.60. The fourth-order valence-electron chi connectivity index (χ4n) is 5.75. The van der Waals surface area contributed by atoms with Gasteiger partial charge in [-0.15, -0.1) is 0 Å². The van der Waals surface area contributed by atoms with Crippen molar-refractivity contribution in [3.8, 4) is 28.7 Å². The van der Waals surface area contributed by atoms with Gasteiger partial charge in [-0.3, -0.25) is 9.59 Å². The first-order valence-electron chi connectivity index (χ1n) is 14.0. The summed E-state index contributed by atoms with van der Waals surface area (Å²) in [4.78, 5) is 26.0. The number of carbonyl (C=O) groups excluding carboxylic acids is 2. The number of hydrogen-bond acceptors (Lipinski definition) is 7. The lowest BCUT2D eigenvalue weighted by Gasteiger charge is -2.26. The second-order valence-corrected chi connectivity index (χ2v) is 10.5. The number of benzene rings is 4. The van der Waals surface area contributed by atoms with E-state index >= 15 is 0 Å². The van der Waals surface area contributed by atoms with E-state index in [1.165, 1.54) is 11.1 Å². The van der Waals surface area contributed by atoms with Gasteiger partial charge in [0.25, 0.3) is 0 Å². The summed E-state index contributed by atoms with van der Waals surface area (Å²) in [5.41, 5.74) is 5.28. The SMILES string of the molecule is COc1ccc(/C=C2\Oc3c(ccc4c3[C@H](c3cccc(OCCc5ccc6c(c5)CCO6)c3)CC(=O)O4)C2=O)cc1. The Hall–Kier alpha value is -5.04. The van der Waals surface area contributed by atoms with Gasteiger partial charge in [0.1, 0.15) is 28.7 Å². The Labute approximate surface area is 243 Å². The largest absolute Gasteiger partial charge is 0.497 e. The molecule has 0 N–H and O–H groups in total. The predicted molar refractivity (Wildman–Crippen MR) is 156 cm³/mol. The molecule has 7 nitrogen and oxygen atoms in total. The Kier molecular flexibility index (Phi) is 6.62. The van der Waals surface area contributed by atoms with Gasteiger partial charge >= 0.3 is 5.97 Å². The van der Waals surface area contributed by atoms with E-state index in [-0.39, 0.29) is 29.9 Å². The number of hydrogen-bond donors (Lipinski definition) is 0. The summed E-state index contributed by atoms with van der Waals surface area (Å²) in [6.45, 7) is 1.25. The highest BCUT2D eigenvalue weighted by molar-refractivity contribution is 6.15. The molecule has 0 unspecified atom stereocenters. The van der Waals surface area contributed by atoms with Crippen LogP contribution in [0.1, 0.15) is 50.5 Å². The average molecular weight is 561 g/mol. The third kappa shape index (κ3) is 4.87. The summed E-state index contributed by atoms with van der Waals surface area (Å²) in [6.07, 6.45) is 3.54. The van der Waals surface area contributed by atoms with E-state index in [1.54, 1.807) is 25.3 Å². The summed E-state index contributed by atoms with van der Waals surface area (Å²) < 4.78 is 28.8. The third-order valence-corrected chi connectivity index (χ3v) is 7.87. The van der Waals surface area contributed by atoms with Gasteiger partial charge in [0.2, 0.25) is 5.78 Å². The molecule has 42 heavy (non-hydrogen) atoms. The van der Waals surface area contributed by atoms with Crippen molar-refractivity contribution < 1.29 is 33.3 Å². The van der Waals surface area contributed by atoms with Crippen LogP contribution in [0, 0.1) is 0 Å². The van der Waals surface area contributed by atoms with Crippen LogP contribution in [-0.2, 0) is 17.6 Å². The summed E-state index contributed by atoms with van der Waals surface area (Å²) >= 11 is 0. The molecular weight excluding hydrogens is 532 g/mol. The zero-order valence-electron chi connectivity index (χ0n) is 23.1. The van der Waals surface area contributed by atoms with Gasteiger partial charge in [0.15, 0.2) is 5.76 Å². The molecule has 0 saturated heterocycles. The number of esters is 1. The first-order valence-corrected chi connectivity index (χ1v) is 14.0. The Morgan fingerprint density at radius 1 is 0.905 bits per heavy atom. The quantitative estimate of drug-likeness (QED) is 0.149. The first kappa shape index (κ1) is 25.9. The summed E-state index contributed by atoms with van der Waals surface area (Å²) in [5, 5.41) is 0. The molecule has 0 bridgehead atoms. The van der Waals surface area contributed by atoms with E-state index in [1.807, 2.05) is 54.6 Å². The minimum absolute atomic E-state index is 0.124. The molecule has 4 aromatic rings. The number of allylic oxidation sites excluding steroid dienone is 1. The highest BCUT2D eigenvalue weighted by Crippen LogP contribution is 2.49. The Morgan fingerprint density at radius 3 is 2.62 bits per heavy atom. The topological polar surface area (TPSA) is 80.3 Å². The minimum atomic E-state index is -0.357. The molecule has 7 rings (SSSR count). The maximum absolute atomic E-state index is 13.3. The molecule has 0 fully saturated rings. The Bertz CT molecular complexity index is 1740. The zero-order valence-corrected chi connectivity index (χ0v) is 23.1. The number of rotatable bonds is 7. The van der Waals surface area contributed by atoms with Crippen LogP contribution in [0.3, 0.4) is 0 Å². The molecule has 1 atom stereocenters. The summed E-state index contributed by atoms with van der Waals surface area (Å²) in [5.74, 6) is 2.55. The molecule has 0 saturated carbocycles. The maximum Gasteiger partial charge on any atom is 0.312 e. The van der Waals surface area contributed by atoms with Crippen LogP contribution in [0.2, 0.25) is 0 Å². The van der Waals surface area contributed by atoms with Crippen molar-refractivity contribution in [2.75, 3.05) is 20.3 Å². The fourth-order valence-corrected chi connectivity index (χ4v) is 5.75. The molecule has 0 spiro atoms. The van der Waals surface area contributed by atoms with Crippen LogP contribution in [0.25, 0.3) is 6.08 Å². The van der Waals surface area contributed by atoms with Gasteiger partial charge in [-0.25, -0.2) is 0 Å². The monoisotopic (exact) mass is 560 g/mol. The Balaban J connectivity index is 1.14. The normalized spacial score (nSPS) is 17.5. The van der Waals surface area contributed by atoms with Crippen LogP contribution in [0.15, 0.2) is 84.6 Å². The molecule has 7 heteroatoms. The standard InChI is InChI=1S/C35H28O7/c1-38-25-8-5-21(6-9-25)18-31-34(37)27-10-12-30-33(35(27)42-31)28(20-32(36)41-30)23-3-2-4-26(19-23)39-15-13-22-7-11-29-24(17-22)14-16-40-29/h2-12,17-19,28H,13-16,20H2,1H3/b31-18-/t28-/m0/s1. The molecule has 4 aromatic carbocycles. The van der Waals surface area contributed by atoms with E-state index in [0.717, 1.165) is 42.1 Å². The smallest absolute Gasteiger partial charge is 0.312 e. The van der Waals surface area contributed by atoms with Crippen molar-refractivity contribution >= 4 is 17.8 Å². The summed E-state index contributed by atoms with van der Waals surface area (Å²) in [6, 6.07) is 24.7. The molecule has 0 aliphatic carbocycles. The number of Topliss-reactive ketones (excluding diaryl/α,β-unsaturated/α-hetero) is 1. The minimum Gasteiger partial charge on any atom is -0.497 e. The van der Waals surface area contributed by atoms with Gasteiger partial charge in [-0.1, -0.05) is 36.4 Å².